The van der Waals surface area contributed by atoms with E-state index >= 15 is 0 Å². The van der Waals surface area contributed by atoms with Gasteiger partial charge in [0.15, 0.2) is 0 Å². The SMILES string of the molecule is O=C(Nc1cncc(C(=O)O)c1)Nc1ccc(Cl)cc1Cl. The molecule has 0 aliphatic rings. The van der Waals surface area contributed by atoms with Gasteiger partial charge < -0.3 is 15.7 Å². The minimum Gasteiger partial charge on any atom is -0.478 e. The van der Waals surface area contributed by atoms with Crippen LogP contribution in [-0.2, 0) is 0 Å². The Morgan fingerprint density at radius 2 is 1.86 bits per heavy atom. The number of aromatic nitrogens is 1. The first-order chi connectivity index (χ1) is 9.95. The zero-order valence-corrected chi connectivity index (χ0v) is 11.9. The minimum absolute atomic E-state index is 0.0303. The topological polar surface area (TPSA) is 91.3 Å². The first-order valence-corrected chi connectivity index (χ1v) is 6.42. The number of carbonyl (C=O) groups is 2. The molecule has 0 radical (unpaired) electrons. The Labute approximate surface area is 129 Å². The van der Waals surface area contributed by atoms with Crippen molar-refractivity contribution >= 4 is 46.6 Å². The average Bonchev–Trinajstić information content (AvgIpc) is 2.42. The fraction of sp³-hybridized carbons (Fsp3) is 0. The Kier molecular flexibility index (Phi) is 4.62. The predicted octanol–water partition coefficient (Wildman–Crippen LogP) is 3.73. The quantitative estimate of drug-likeness (QED) is 0.801. The summed E-state index contributed by atoms with van der Waals surface area (Å²) in [4.78, 5) is 26.3. The van der Waals surface area contributed by atoms with Gasteiger partial charge in [-0.2, -0.15) is 0 Å². The molecule has 0 bridgehead atoms. The van der Waals surface area contributed by atoms with Gasteiger partial charge in [0.25, 0.3) is 0 Å². The van der Waals surface area contributed by atoms with E-state index in [0.29, 0.717) is 10.7 Å². The highest BCUT2D eigenvalue weighted by Crippen LogP contribution is 2.25. The van der Waals surface area contributed by atoms with E-state index in [1.807, 2.05) is 0 Å². The first-order valence-electron chi connectivity index (χ1n) is 5.67. The predicted molar refractivity (Wildman–Crippen MR) is 80.3 cm³/mol. The van der Waals surface area contributed by atoms with Crippen LogP contribution < -0.4 is 10.6 Å². The molecule has 2 rings (SSSR count). The Morgan fingerprint density at radius 3 is 2.52 bits per heavy atom. The molecule has 3 N–H and O–H groups in total. The molecule has 21 heavy (non-hydrogen) atoms. The number of rotatable bonds is 3. The molecule has 0 aliphatic carbocycles. The van der Waals surface area contributed by atoms with Crippen molar-refractivity contribution in [2.45, 2.75) is 0 Å². The van der Waals surface area contributed by atoms with E-state index in [0.717, 1.165) is 0 Å². The molecule has 0 saturated carbocycles. The van der Waals surface area contributed by atoms with Crippen LogP contribution in [-0.4, -0.2) is 22.1 Å². The molecular weight excluding hydrogens is 317 g/mol. The monoisotopic (exact) mass is 325 g/mol. The third kappa shape index (κ3) is 4.08. The van der Waals surface area contributed by atoms with Crippen molar-refractivity contribution in [2.75, 3.05) is 10.6 Å². The standard InChI is InChI=1S/C13H9Cl2N3O3/c14-8-1-2-11(10(15)4-8)18-13(21)17-9-3-7(12(19)20)5-16-6-9/h1-6H,(H,19,20)(H2,17,18,21). The van der Waals surface area contributed by atoms with Crippen molar-refractivity contribution in [3.05, 3.63) is 52.3 Å². The van der Waals surface area contributed by atoms with E-state index in [1.54, 1.807) is 12.1 Å². The van der Waals surface area contributed by atoms with Crippen LogP contribution in [0.4, 0.5) is 16.2 Å². The van der Waals surface area contributed by atoms with Gasteiger partial charge >= 0.3 is 12.0 Å². The van der Waals surface area contributed by atoms with E-state index in [1.165, 1.54) is 24.5 Å². The number of urea groups is 1. The molecule has 0 unspecified atom stereocenters. The Bertz CT molecular complexity index is 707. The van der Waals surface area contributed by atoms with E-state index in [9.17, 15) is 9.59 Å². The van der Waals surface area contributed by atoms with Crippen LogP contribution in [0.5, 0.6) is 0 Å². The maximum atomic E-state index is 11.8. The molecular formula is C13H9Cl2N3O3. The molecule has 6 nitrogen and oxygen atoms in total. The highest BCUT2D eigenvalue weighted by Gasteiger charge is 2.09. The van der Waals surface area contributed by atoms with Gasteiger partial charge in [-0.1, -0.05) is 23.2 Å². The number of carbonyl (C=O) groups excluding carboxylic acids is 1. The summed E-state index contributed by atoms with van der Waals surface area (Å²) in [6, 6.07) is 5.33. The molecule has 2 amide bonds. The number of halogens is 2. The highest BCUT2D eigenvalue weighted by molar-refractivity contribution is 6.36. The molecule has 0 spiro atoms. The van der Waals surface area contributed by atoms with Gasteiger partial charge in [0.1, 0.15) is 0 Å². The van der Waals surface area contributed by atoms with Crippen molar-refractivity contribution in [2.24, 2.45) is 0 Å². The normalized spacial score (nSPS) is 10.0. The van der Waals surface area contributed by atoms with E-state index in [2.05, 4.69) is 15.6 Å². The molecule has 1 aromatic heterocycles. The second-order valence-corrected chi connectivity index (χ2v) is 4.81. The van der Waals surface area contributed by atoms with Crippen molar-refractivity contribution in [1.82, 2.24) is 4.98 Å². The molecule has 0 aliphatic heterocycles. The lowest BCUT2D eigenvalue weighted by Crippen LogP contribution is -2.20. The zero-order valence-electron chi connectivity index (χ0n) is 10.4. The lowest BCUT2D eigenvalue weighted by Gasteiger charge is -2.09. The van der Waals surface area contributed by atoms with Crippen LogP contribution >= 0.6 is 23.2 Å². The molecule has 0 saturated heterocycles. The fourth-order valence-corrected chi connectivity index (χ4v) is 1.96. The molecule has 108 valence electrons. The van der Waals surface area contributed by atoms with Gasteiger partial charge in [0.2, 0.25) is 0 Å². The second-order valence-electron chi connectivity index (χ2n) is 3.97. The number of pyridine rings is 1. The number of amides is 2. The highest BCUT2D eigenvalue weighted by atomic mass is 35.5. The maximum absolute atomic E-state index is 11.8. The number of carboxylic acids is 1. The lowest BCUT2D eigenvalue weighted by molar-refractivity contribution is 0.0696. The van der Waals surface area contributed by atoms with E-state index in [-0.39, 0.29) is 16.3 Å². The molecule has 2 aromatic rings. The summed E-state index contributed by atoms with van der Waals surface area (Å²) in [6.45, 7) is 0. The van der Waals surface area contributed by atoms with Crippen LogP contribution in [0.2, 0.25) is 10.0 Å². The van der Waals surface area contributed by atoms with E-state index < -0.39 is 12.0 Å². The number of nitrogens with zero attached hydrogens (tertiary/aromatic N) is 1. The molecule has 1 heterocycles. The van der Waals surface area contributed by atoms with Crippen LogP contribution in [0.25, 0.3) is 0 Å². The van der Waals surface area contributed by atoms with Gasteiger partial charge in [-0.25, -0.2) is 9.59 Å². The molecule has 0 atom stereocenters. The summed E-state index contributed by atoms with van der Waals surface area (Å²) in [7, 11) is 0. The maximum Gasteiger partial charge on any atom is 0.337 e. The summed E-state index contributed by atoms with van der Waals surface area (Å²) in [5.41, 5.74) is 0.593. The zero-order chi connectivity index (χ0) is 15.4. The number of anilines is 2. The largest absolute Gasteiger partial charge is 0.478 e. The van der Waals surface area contributed by atoms with Crippen LogP contribution in [0, 0.1) is 0 Å². The Hall–Kier alpha value is -2.31. The van der Waals surface area contributed by atoms with Gasteiger partial charge in [0, 0.05) is 11.2 Å². The summed E-state index contributed by atoms with van der Waals surface area (Å²) in [6.07, 6.45) is 2.51. The number of nitrogens with one attached hydrogen (secondary N) is 2. The minimum atomic E-state index is -1.13. The summed E-state index contributed by atoms with van der Waals surface area (Å²) < 4.78 is 0. The third-order valence-electron chi connectivity index (χ3n) is 2.42. The van der Waals surface area contributed by atoms with Crippen molar-refractivity contribution < 1.29 is 14.7 Å². The molecule has 0 fully saturated rings. The van der Waals surface area contributed by atoms with Crippen molar-refractivity contribution in [3.63, 3.8) is 0 Å². The molecule has 1 aromatic carbocycles. The average molecular weight is 326 g/mol. The van der Waals surface area contributed by atoms with Gasteiger partial charge in [-0.3, -0.25) is 4.98 Å². The number of hydrogen-bond donors (Lipinski definition) is 3. The molecule has 8 heteroatoms. The van der Waals surface area contributed by atoms with Crippen molar-refractivity contribution in [1.29, 1.82) is 0 Å². The number of benzene rings is 1. The second kappa shape index (κ2) is 6.43. The summed E-state index contributed by atoms with van der Waals surface area (Å²) in [5.74, 6) is -1.13. The van der Waals surface area contributed by atoms with Gasteiger partial charge in [-0.05, 0) is 24.3 Å². The van der Waals surface area contributed by atoms with Crippen LogP contribution in [0.3, 0.4) is 0 Å². The smallest absolute Gasteiger partial charge is 0.337 e. The Morgan fingerprint density at radius 1 is 1.10 bits per heavy atom. The van der Waals surface area contributed by atoms with Gasteiger partial charge in [-0.15, -0.1) is 0 Å². The summed E-state index contributed by atoms with van der Waals surface area (Å²) in [5, 5.41) is 14.6. The number of carboxylic acid groups (broad SMARTS) is 1. The number of aromatic carboxylic acids is 1. The van der Waals surface area contributed by atoms with Crippen molar-refractivity contribution in [3.8, 4) is 0 Å². The van der Waals surface area contributed by atoms with Gasteiger partial charge in [0.05, 0.1) is 28.2 Å². The van der Waals surface area contributed by atoms with Crippen LogP contribution in [0.1, 0.15) is 10.4 Å². The third-order valence-corrected chi connectivity index (χ3v) is 2.97. The first kappa shape index (κ1) is 15.1. The Balaban J connectivity index is 2.08. The lowest BCUT2D eigenvalue weighted by atomic mass is 10.2. The summed E-state index contributed by atoms with van der Waals surface area (Å²) >= 11 is 11.7. The fourth-order valence-electron chi connectivity index (χ4n) is 1.50. The van der Waals surface area contributed by atoms with E-state index in [4.69, 9.17) is 28.3 Å². The number of hydrogen-bond acceptors (Lipinski definition) is 3. The van der Waals surface area contributed by atoms with Crippen LogP contribution in [0.15, 0.2) is 36.7 Å².